The van der Waals surface area contributed by atoms with Crippen LogP contribution in [0.5, 0.6) is 5.75 Å². The summed E-state index contributed by atoms with van der Waals surface area (Å²) in [5, 5.41) is 10.5. The minimum atomic E-state index is -0.605. The van der Waals surface area contributed by atoms with Crippen molar-refractivity contribution in [1.29, 1.82) is 0 Å². The summed E-state index contributed by atoms with van der Waals surface area (Å²) in [6, 6.07) is 7.76. The lowest BCUT2D eigenvalue weighted by molar-refractivity contribution is 0.0407. The van der Waals surface area contributed by atoms with Crippen molar-refractivity contribution in [2.45, 2.75) is 31.8 Å². The van der Waals surface area contributed by atoms with Gasteiger partial charge in [-0.1, -0.05) is 19.1 Å². The summed E-state index contributed by atoms with van der Waals surface area (Å²) in [4.78, 5) is 0. The fraction of sp³-hybridized carbons (Fsp3) is 0.538. The van der Waals surface area contributed by atoms with Crippen LogP contribution in [0.15, 0.2) is 24.3 Å². The van der Waals surface area contributed by atoms with Gasteiger partial charge in [-0.25, -0.2) is 0 Å². The first-order chi connectivity index (χ1) is 7.14. The SMILES string of the molecule is COc1ccc([C@]2(O)CC[C@H](C)C2)cc1. The number of benzene rings is 1. The minimum Gasteiger partial charge on any atom is -0.497 e. The van der Waals surface area contributed by atoms with Crippen LogP contribution in [-0.4, -0.2) is 12.2 Å². The van der Waals surface area contributed by atoms with Crippen LogP contribution in [0.1, 0.15) is 31.7 Å². The van der Waals surface area contributed by atoms with Gasteiger partial charge in [-0.15, -0.1) is 0 Å². The highest BCUT2D eigenvalue weighted by Gasteiger charge is 2.36. The molecule has 2 nitrogen and oxygen atoms in total. The highest BCUT2D eigenvalue weighted by atomic mass is 16.5. The molecule has 0 bridgehead atoms. The molecule has 0 unspecified atom stereocenters. The van der Waals surface area contributed by atoms with Crippen LogP contribution in [0.4, 0.5) is 0 Å². The maximum atomic E-state index is 10.5. The number of hydrogen-bond acceptors (Lipinski definition) is 2. The Hall–Kier alpha value is -1.02. The molecule has 2 atom stereocenters. The molecule has 1 aliphatic carbocycles. The number of hydrogen-bond donors (Lipinski definition) is 1. The van der Waals surface area contributed by atoms with Crippen molar-refractivity contribution < 1.29 is 9.84 Å². The third kappa shape index (κ3) is 2.00. The van der Waals surface area contributed by atoms with Crippen molar-refractivity contribution >= 4 is 0 Å². The molecule has 2 rings (SSSR count). The molecule has 0 aliphatic heterocycles. The Morgan fingerprint density at radius 3 is 2.47 bits per heavy atom. The predicted octanol–water partition coefficient (Wildman–Crippen LogP) is 2.70. The van der Waals surface area contributed by atoms with Crippen molar-refractivity contribution in [2.75, 3.05) is 7.11 Å². The van der Waals surface area contributed by atoms with Gasteiger partial charge in [-0.3, -0.25) is 0 Å². The molecular formula is C13H18O2. The summed E-state index contributed by atoms with van der Waals surface area (Å²) < 4.78 is 5.10. The summed E-state index contributed by atoms with van der Waals surface area (Å²) in [5.41, 5.74) is 0.416. The molecule has 1 N–H and O–H groups in total. The van der Waals surface area contributed by atoms with Gasteiger partial charge in [-0.2, -0.15) is 0 Å². The van der Waals surface area contributed by atoms with Gasteiger partial charge in [0.15, 0.2) is 0 Å². The molecule has 0 radical (unpaired) electrons. The third-order valence-corrected chi connectivity index (χ3v) is 3.36. The van der Waals surface area contributed by atoms with Gasteiger partial charge in [0, 0.05) is 0 Å². The normalized spacial score (nSPS) is 30.5. The lowest BCUT2D eigenvalue weighted by atomic mass is 9.91. The molecule has 0 saturated heterocycles. The topological polar surface area (TPSA) is 29.5 Å². The van der Waals surface area contributed by atoms with E-state index < -0.39 is 5.60 Å². The van der Waals surface area contributed by atoms with Gasteiger partial charge in [0.05, 0.1) is 12.7 Å². The molecule has 82 valence electrons. The van der Waals surface area contributed by atoms with Crippen molar-refractivity contribution in [3.05, 3.63) is 29.8 Å². The highest BCUT2D eigenvalue weighted by Crippen LogP contribution is 2.41. The second-order valence-electron chi connectivity index (χ2n) is 4.61. The summed E-state index contributed by atoms with van der Waals surface area (Å²) in [7, 11) is 1.65. The van der Waals surface area contributed by atoms with Crippen LogP contribution in [0, 0.1) is 5.92 Å². The van der Waals surface area contributed by atoms with E-state index in [4.69, 9.17) is 4.74 Å². The van der Waals surface area contributed by atoms with E-state index in [1.165, 1.54) is 0 Å². The van der Waals surface area contributed by atoms with Gasteiger partial charge in [0.1, 0.15) is 5.75 Å². The van der Waals surface area contributed by atoms with Crippen molar-refractivity contribution in [3.8, 4) is 5.75 Å². The van der Waals surface area contributed by atoms with Crippen molar-refractivity contribution in [1.82, 2.24) is 0 Å². The molecule has 1 aromatic carbocycles. The summed E-state index contributed by atoms with van der Waals surface area (Å²) >= 11 is 0. The summed E-state index contributed by atoms with van der Waals surface area (Å²) in [6.07, 6.45) is 2.86. The fourth-order valence-corrected chi connectivity index (χ4v) is 2.43. The Morgan fingerprint density at radius 1 is 1.33 bits per heavy atom. The van der Waals surface area contributed by atoms with Gasteiger partial charge >= 0.3 is 0 Å². The smallest absolute Gasteiger partial charge is 0.118 e. The van der Waals surface area contributed by atoms with E-state index in [0.717, 1.165) is 30.6 Å². The predicted molar refractivity (Wildman–Crippen MR) is 59.9 cm³/mol. The van der Waals surface area contributed by atoms with E-state index in [-0.39, 0.29) is 0 Å². The molecule has 0 amide bonds. The molecule has 1 saturated carbocycles. The average Bonchev–Trinajstić information content (AvgIpc) is 2.60. The van der Waals surface area contributed by atoms with Crippen molar-refractivity contribution in [3.63, 3.8) is 0 Å². The summed E-state index contributed by atoms with van der Waals surface area (Å²) in [6.45, 7) is 2.20. The molecule has 0 aromatic heterocycles. The van der Waals surface area contributed by atoms with Crippen LogP contribution >= 0.6 is 0 Å². The zero-order valence-corrected chi connectivity index (χ0v) is 9.36. The Balaban J connectivity index is 2.22. The zero-order valence-electron chi connectivity index (χ0n) is 9.36. The average molecular weight is 206 g/mol. The van der Waals surface area contributed by atoms with E-state index in [1.807, 2.05) is 24.3 Å². The van der Waals surface area contributed by atoms with Crippen molar-refractivity contribution in [2.24, 2.45) is 5.92 Å². The Kier molecular flexibility index (Phi) is 2.70. The first-order valence-electron chi connectivity index (χ1n) is 5.51. The lowest BCUT2D eigenvalue weighted by Crippen LogP contribution is -2.21. The monoisotopic (exact) mass is 206 g/mol. The Bertz CT molecular complexity index is 331. The number of ether oxygens (including phenoxy) is 1. The second-order valence-corrected chi connectivity index (χ2v) is 4.61. The van der Waals surface area contributed by atoms with Crippen LogP contribution in [0.3, 0.4) is 0 Å². The molecule has 1 aliphatic rings. The first kappa shape index (κ1) is 10.5. The lowest BCUT2D eigenvalue weighted by Gasteiger charge is -2.23. The third-order valence-electron chi connectivity index (χ3n) is 3.36. The molecule has 0 spiro atoms. The van der Waals surface area contributed by atoms with Crippen LogP contribution in [0.25, 0.3) is 0 Å². The van der Waals surface area contributed by atoms with E-state index in [2.05, 4.69) is 6.92 Å². The zero-order chi connectivity index (χ0) is 10.9. The minimum absolute atomic E-state index is 0.605. The largest absolute Gasteiger partial charge is 0.497 e. The number of methoxy groups -OCH3 is 1. The van der Waals surface area contributed by atoms with E-state index in [9.17, 15) is 5.11 Å². The quantitative estimate of drug-likeness (QED) is 0.806. The van der Waals surface area contributed by atoms with E-state index >= 15 is 0 Å². The number of aliphatic hydroxyl groups is 1. The van der Waals surface area contributed by atoms with Gasteiger partial charge in [0.25, 0.3) is 0 Å². The Morgan fingerprint density at radius 2 is 2.00 bits per heavy atom. The van der Waals surface area contributed by atoms with E-state index in [1.54, 1.807) is 7.11 Å². The van der Waals surface area contributed by atoms with Crippen LogP contribution < -0.4 is 4.74 Å². The van der Waals surface area contributed by atoms with Gasteiger partial charge in [-0.05, 0) is 42.9 Å². The number of rotatable bonds is 2. The second kappa shape index (κ2) is 3.86. The maximum Gasteiger partial charge on any atom is 0.118 e. The summed E-state index contributed by atoms with van der Waals surface area (Å²) in [5.74, 6) is 1.46. The highest BCUT2D eigenvalue weighted by molar-refractivity contribution is 5.31. The van der Waals surface area contributed by atoms with Crippen LogP contribution in [0.2, 0.25) is 0 Å². The molecule has 0 heterocycles. The molecule has 1 fully saturated rings. The van der Waals surface area contributed by atoms with Gasteiger partial charge in [0.2, 0.25) is 0 Å². The standard InChI is InChI=1S/C13H18O2/c1-10-7-8-13(14,9-10)11-3-5-12(15-2)6-4-11/h3-6,10,14H,7-9H2,1-2H3/t10-,13-/m0/s1. The molecule has 1 aromatic rings. The van der Waals surface area contributed by atoms with Crippen LogP contribution in [-0.2, 0) is 5.60 Å². The maximum absolute atomic E-state index is 10.5. The van der Waals surface area contributed by atoms with Gasteiger partial charge < -0.3 is 9.84 Å². The molecule has 2 heteroatoms. The first-order valence-corrected chi connectivity index (χ1v) is 5.51. The molecular weight excluding hydrogens is 188 g/mol. The fourth-order valence-electron chi connectivity index (χ4n) is 2.43. The van der Waals surface area contributed by atoms with E-state index in [0.29, 0.717) is 5.92 Å². The Labute approximate surface area is 90.9 Å². The molecule has 15 heavy (non-hydrogen) atoms.